The van der Waals surface area contributed by atoms with Gasteiger partial charge >= 0.3 is 5.97 Å². The number of phenolic OH excluding ortho intramolecular Hbond substituents is 1. The number of fused-ring (bicyclic) bond motifs is 4. The van der Waals surface area contributed by atoms with Gasteiger partial charge in [-0.05, 0) is 73.2 Å². The number of carbonyl (C=O) groups is 5. The second kappa shape index (κ2) is 13.5. The number of aromatic hydroxyl groups is 1. The van der Waals surface area contributed by atoms with Crippen molar-refractivity contribution >= 4 is 58.5 Å². The van der Waals surface area contributed by atoms with Gasteiger partial charge in [0.2, 0.25) is 11.8 Å². The average Bonchev–Trinajstić information content (AvgIpc) is 3.49. The Balaban J connectivity index is 1.44. The van der Waals surface area contributed by atoms with Crippen molar-refractivity contribution < 1.29 is 43.7 Å². The first-order chi connectivity index (χ1) is 24.9. The van der Waals surface area contributed by atoms with E-state index in [1.165, 1.54) is 26.4 Å². The number of ether oxygens (including phenoxy) is 2. The van der Waals surface area contributed by atoms with Crippen molar-refractivity contribution in [3.05, 3.63) is 93.5 Å². The number of halogens is 2. The lowest BCUT2D eigenvalue weighted by Crippen LogP contribution is -2.53. The van der Waals surface area contributed by atoms with E-state index in [1.807, 2.05) is 6.08 Å². The zero-order valence-corrected chi connectivity index (χ0v) is 29.7. The van der Waals surface area contributed by atoms with Crippen LogP contribution in [0.3, 0.4) is 0 Å². The molecule has 0 radical (unpaired) electrons. The molecule has 3 aromatic rings. The minimum atomic E-state index is -1.69. The topological polar surface area (TPSA) is 163 Å². The highest BCUT2D eigenvalue weighted by Gasteiger charge is 2.71. The van der Waals surface area contributed by atoms with Crippen LogP contribution in [-0.4, -0.2) is 70.5 Å². The van der Waals surface area contributed by atoms with Gasteiger partial charge in [0.25, 0.3) is 11.8 Å². The van der Waals surface area contributed by atoms with Crippen molar-refractivity contribution in [2.75, 3.05) is 26.2 Å². The Labute approximate surface area is 308 Å². The summed E-state index contributed by atoms with van der Waals surface area (Å²) < 4.78 is 11.2. The predicted molar refractivity (Wildman–Crippen MR) is 189 cm³/mol. The number of hydrogen-bond acceptors (Lipinski definition) is 9. The predicted octanol–water partition coefficient (Wildman–Crippen LogP) is 5.57. The molecule has 4 amide bonds. The van der Waals surface area contributed by atoms with E-state index in [0.717, 1.165) is 9.91 Å². The maximum Gasteiger partial charge on any atom is 0.303 e. The van der Waals surface area contributed by atoms with Gasteiger partial charge in [-0.2, -0.15) is 5.01 Å². The summed E-state index contributed by atoms with van der Waals surface area (Å²) in [5.74, 6) is -6.97. The number of benzene rings is 3. The number of nitrogens with one attached hydrogen (secondary N) is 1. The molecule has 0 spiro atoms. The van der Waals surface area contributed by atoms with E-state index in [0.29, 0.717) is 21.9 Å². The first kappa shape index (κ1) is 35.3. The Morgan fingerprint density at radius 3 is 2.38 bits per heavy atom. The van der Waals surface area contributed by atoms with Crippen LogP contribution in [0.2, 0.25) is 10.0 Å². The van der Waals surface area contributed by atoms with Crippen molar-refractivity contribution in [2.45, 2.75) is 37.0 Å². The molecule has 6 unspecified atom stereocenters. The monoisotopic (exact) mass is 747 g/mol. The maximum absolute atomic E-state index is 15.4. The quantitative estimate of drug-likeness (QED) is 0.177. The Morgan fingerprint density at radius 1 is 0.962 bits per heavy atom. The van der Waals surface area contributed by atoms with Crippen LogP contribution in [0.15, 0.2) is 72.3 Å². The van der Waals surface area contributed by atoms with Gasteiger partial charge in [-0.3, -0.25) is 34.3 Å². The molecule has 7 rings (SSSR count). The number of carboxylic acids is 1. The van der Waals surface area contributed by atoms with Crippen LogP contribution < -0.4 is 14.9 Å². The van der Waals surface area contributed by atoms with Crippen molar-refractivity contribution in [3.8, 4) is 17.2 Å². The van der Waals surface area contributed by atoms with Crippen LogP contribution >= 0.6 is 23.2 Å². The average molecular weight is 749 g/mol. The lowest BCUT2D eigenvalue weighted by atomic mass is 9.49. The maximum atomic E-state index is 15.4. The van der Waals surface area contributed by atoms with Crippen molar-refractivity contribution in [1.82, 2.24) is 9.91 Å². The molecule has 1 saturated carbocycles. The number of amides is 4. The zero-order chi connectivity index (χ0) is 37.1. The van der Waals surface area contributed by atoms with Gasteiger partial charge in [0, 0.05) is 29.5 Å². The summed E-state index contributed by atoms with van der Waals surface area (Å²) in [6.07, 6.45) is 1.93. The standard InChI is InChI=1S/C38H35Cl2N3O9/c1-51-21-11-8-19(9-12-21)38-25(35(48)43(37(38)50)41-27-15-10-20(39)17-26(27)40)18-24-22(33(38)32-28(44)5-3-6-29(32)52-2)13-14-23-31(24)36(49)42(34(23)47)16-4-7-30(45)46/h3,5-6,8-13,15,17,23-25,31,33,41,44H,4,7,14,16,18H2,1-2H3,(H,45,46). The van der Waals surface area contributed by atoms with E-state index >= 15 is 4.79 Å². The summed E-state index contributed by atoms with van der Waals surface area (Å²) in [4.78, 5) is 70.5. The number of imide groups is 2. The van der Waals surface area contributed by atoms with Crippen molar-refractivity contribution in [1.29, 1.82) is 0 Å². The Kier molecular flexibility index (Phi) is 9.16. The first-order valence-corrected chi connectivity index (χ1v) is 17.6. The number of hydrazine groups is 1. The highest BCUT2D eigenvalue weighted by atomic mass is 35.5. The van der Waals surface area contributed by atoms with Gasteiger partial charge < -0.3 is 19.7 Å². The van der Waals surface area contributed by atoms with Crippen LogP contribution in [-0.2, 0) is 29.4 Å². The summed E-state index contributed by atoms with van der Waals surface area (Å²) in [6.45, 7) is -0.0497. The number of carbonyl (C=O) groups excluding carboxylic acids is 4. The fourth-order valence-corrected chi connectivity index (χ4v) is 9.28. The summed E-state index contributed by atoms with van der Waals surface area (Å²) in [5.41, 5.74) is 2.83. The number of anilines is 1. The van der Waals surface area contributed by atoms with Gasteiger partial charge in [0.1, 0.15) is 17.2 Å². The molecule has 0 bridgehead atoms. The van der Waals surface area contributed by atoms with E-state index in [1.54, 1.807) is 48.5 Å². The van der Waals surface area contributed by atoms with Gasteiger partial charge in [0.05, 0.1) is 48.1 Å². The second-order valence-corrected chi connectivity index (χ2v) is 14.3. The summed E-state index contributed by atoms with van der Waals surface area (Å²) in [5, 5.41) is 22.3. The Morgan fingerprint density at radius 2 is 1.71 bits per heavy atom. The van der Waals surface area contributed by atoms with Crippen LogP contribution in [0, 0.1) is 23.7 Å². The lowest BCUT2D eigenvalue weighted by Gasteiger charge is -2.50. The van der Waals surface area contributed by atoms with Crippen LogP contribution in [0.25, 0.3) is 0 Å². The van der Waals surface area contributed by atoms with Crippen LogP contribution in [0.4, 0.5) is 5.69 Å². The number of likely N-dealkylation sites (tertiary alicyclic amines) is 1. The summed E-state index contributed by atoms with van der Waals surface area (Å²) in [7, 11) is 2.95. The third-order valence-corrected chi connectivity index (χ3v) is 11.5. The smallest absolute Gasteiger partial charge is 0.303 e. The molecular formula is C38H35Cl2N3O9. The molecule has 14 heteroatoms. The first-order valence-electron chi connectivity index (χ1n) is 16.8. The highest BCUT2D eigenvalue weighted by Crippen LogP contribution is 2.66. The van der Waals surface area contributed by atoms with E-state index in [-0.39, 0.29) is 60.0 Å². The molecule has 0 aromatic heterocycles. The molecule has 12 nitrogen and oxygen atoms in total. The van der Waals surface area contributed by atoms with Gasteiger partial charge in [-0.1, -0.05) is 53.1 Å². The van der Waals surface area contributed by atoms with Gasteiger partial charge in [-0.25, -0.2) is 0 Å². The number of carboxylic acid groups (broad SMARTS) is 1. The molecule has 270 valence electrons. The molecule has 2 aliphatic heterocycles. The zero-order valence-electron chi connectivity index (χ0n) is 28.2. The molecule has 2 heterocycles. The third-order valence-electron chi connectivity index (χ3n) is 11.0. The molecular weight excluding hydrogens is 713 g/mol. The molecule has 52 heavy (non-hydrogen) atoms. The molecule has 2 saturated heterocycles. The minimum Gasteiger partial charge on any atom is -0.508 e. The molecule has 6 atom stereocenters. The van der Waals surface area contributed by atoms with Crippen molar-refractivity contribution in [3.63, 3.8) is 0 Å². The summed E-state index contributed by atoms with van der Waals surface area (Å²) >= 11 is 12.7. The van der Waals surface area contributed by atoms with Gasteiger partial charge in [0.15, 0.2) is 0 Å². The van der Waals surface area contributed by atoms with Gasteiger partial charge in [-0.15, -0.1) is 0 Å². The fourth-order valence-electron chi connectivity index (χ4n) is 8.83. The number of hydrogen-bond donors (Lipinski definition) is 3. The van der Waals surface area contributed by atoms with E-state index in [2.05, 4.69) is 5.43 Å². The lowest BCUT2D eigenvalue weighted by molar-refractivity contribution is -0.142. The minimum absolute atomic E-state index is 0.0184. The Bertz CT molecular complexity index is 2040. The molecule has 4 aliphatic rings. The molecule has 3 fully saturated rings. The SMILES string of the molecule is COc1ccc(C23C(=O)N(Nc4ccc(Cl)cc4Cl)C(=O)C2CC2C(=CCC4C(=O)N(CCCC(=O)O)C(=O)C42)C3c2c(O)cccc2OC)cc1. The molecule has 3 aromatic carbocycles. The number of aliphatic carboxylic acids is 1. The normalized spacial score (nSPS) is 26.5. The largest absolute Gasteiger partial charge is 0.508 e. The highest BCUT2D eigenvalue weighted by molar-refractivity contribution is 6.36. The third kappa shape index (κ3) is 5.38. The Hall–Kier alpha value is -5.07. The van der Waals surface area contributed by atoms with E-state index < -0.39 is 64.6 Å². The number of phenols is 1. The number of methoxy groups -OCH3 is 2. The summed E-state index contributed by atoms with van der Waals surface area (Å²) in [6, 6.07) is 16.1. The van der Waals surface area contributed by atoms with Crippen LogP contribution in [0.5, 0.6) is 17.2 Å². The number of nitrogens with zero attached hydrogens (tertiary/aromatic N) is 2. The van der Waals surface area contributed by atoms with E-state index in [9.17, 15) is 29.4 Å². The van der Waals surface area contributed by atoms with Crippen molar-refractivity contribution in [2.24, 2.45) is 23.7 Å². The van der Waals surface area contributed by atoms with Crippen LogP contribution in [0.1, 0.15) is 42.7 Å². The number of rotatable bonds is 10. The molecule has 2 aliphatic carbocycles. The number of allylic oxidation sites excluding steroid dienone is 2. The fraction of sp³-hybridized carbons (Fsp3) is 0.342. The molecule has 3 N–H and O–H groups in total. The second-order valence-electron chi connectivity index (χ2n) is 13.4. The van der Waals surface area contributed by atoms with E-state index in [4.69, 9.17) is 32.7 Å².